The Kier molecular flexibility index (Phi) is 9.73. The average molecular weight is 605 g/mol. The minimum absolute atomic E-state index is 0.0560. The van der Waals surface area contributed by atoms with Crippen LogP contribution in [-0.2, 0) is 29.0 Å². The van der Waals surface area contributed by atoms with Gasteiger partial charge in [-0.05, 0) is 38.2 Å². The van der Waals surface area contributed by atoms with Crippen LogP contribution < -0.4 is 5.32 Å². The number of imidazole rings is 1. The van der Waals surface area contributed by atoms with E-state index in [1.54, 1.807) is 19.3 Å². The van der Waals surface area contributed by atoms with Crippen LogP contribution in [0.15, 0.2) is 36.7 Å². The molecule has 0 spiro atoms. The van der Waals surface area contributed by atoms with E-state index in [-0.39, 0.29) is 49.6 Å². The van der Waals surface area contributed by atoms with E-state index in [0.717, 1.165) is 12.1 Å². The first-order valence-electron chi connectivity index (χ1n) is 13.7. The first-order valence-corrected chi connectivity index (χ1v) is 13.7. The second kappa shape index (κ2) is 13.3. The van der Waals surface area contributed by atoms with Gasteiger partial charge in [-0.25, -0.2) is 9.78 Å². The van der Waals surface area contributed by atoms with Crippen LogP contribution >= 0.6 is 0 Å². The minimum atomic E-state index is -4.47. The van der Waals surface area contributed by atoms with Gasteiger partial charge in [0.05, 0.1) is 37.1 Å². The Labute approximate surface area is 247 Å². The van der Waals surface area contributed by atoms with Crippen LogP contribution in [0.25, 0.3) is 11.4 Å². The molecule has 0 radical (unpaired) electrons. The molecule has 3 heterocycles. The highest BCUT2D eigenvalue weighted by Gasteiger charge is 2.34. The molecule has 1 aliphatic heterocycles. The fourth-order valence-corrected chi connectivity index (χ4v) is 4.50. The molecular formula is C28H35F3N8O4. The molecule has 4 rings (SSSR count). The number of ether oxygens (including phenoxy) is 1. The van der Waals surface area contributed by atoms with Gasteiger partial charge in [0.25, 0.3) is 5.91 Å². The van der Waals surface area contributed by atoms with Crippen LogP contribution in [0.4, 0.5) is 23.8 Å². The molecule has 12 nitrogen and oxygen atoms in total. The fourth-order valence-electron chi connectivity index (χ4n) is 4.50. The zero-order valence-corrected chi connectivity index (χ0v) is 24.5. The van der Waals surface area contributed by atoms with Crippen molar-refractivity contribution in [1.29, 1.82) is 0 Å². The maximum absolute atomic E-state index is 13.5. The van der Waals surface area contributed by atoms with Crippen molar-refractivity contribution in [2.24, 2.45) is 0 Å². The number of fused-ring (bicyclic) bond motifs is 1. The van der Waals surface area contributed by atoms with Crippen LogP contribution in [0.1, 0.15) is 41.4 Å². The van der Waals surface area contributed by atoms with Crippen LogP contribution in [0.3, 0.4) is 0 Å². The number of halogens is 3. The Hall–Kier alpha value is -4.40. The van der Waals surface area contributed by atoms with E-state index in [2.05, 4.69) is 15.4 Å². The van der Waals surface area contributed by atoms with E-state index in [4.69, 9.17) is 4.74 Å². The number of rotatable bonds is 12. The molecule has 1 N–H and O–H groups in total. The molecule has 0 aliphatic carbocycles. The molecule has 43 heavy (non-hydrogen) atoms. The van der Waals surface area contributed by atoms with Gasteiger partial charge in [-0.2, -0.15) is 18.3 Å². The van der Waals surface area contributed by atoms with Gasteiger partial charge in [-0.1, -0.05) is 19.1 Å². The Morgan fingerprint density at radius 1 is 1.16 bits per heavy atom. The van der Waals surface area contributed by atoms with Gasteiger partial charge in [0, 0.05) is 32.8 Å². The molecule has 0 saturated carbocycles. The van der Waals surface area contributed by atoms with Gasteiger partial charge >= 0.3 is 12.3 Å². The lowest BCUT2D eigenvalue weighted by atomic mass is 10.1. The molecule has 15 heteroatoms. The Bertz CT molecular complexity index is 1470. The lowest BCUT2D eigenvalue weighted by Crippen LogP contribution is -2.44. The molecule has 0 fully saturated rings. The number of likely N-dealkylation sites (N-methyl/N-ethyl adjacent to an activating group) is 2. The molecule has 3 aromatic rings. The fraction of sp³-hybridized carbons (Fsp3) is 0.464. The number of anilines is 1. The van der Waals surface area contributed by atoms with Gasteiger partial charge < -0.3 is 24.8 Å². The largest absolute Gasteiger partial charge is 0.428 e. The minimum Gasteiger partial charge on any atom is -0.428 e. The lowest BCUT2D eigenvalue weighted by Gasteiger charge is -2.27. The summed E-state index contributed by atoms with van der Waals surface area (Å²) in [7, 11) is 5.36. The number of alkyl halides is 3. The number of nitrogens with zero attached hydrogens (tertiary/aromatic N) is 7. The van der Waals surface area contributed by atoms with E-state index in [1.807, 2.05) is 25.9 Å². The molecule has 0 saturated heterocycles. The van der Waals surface area contributed by atoms with Crippen molar-refractivity contribution in [3.63, 3.8) is 0 Å². The van der Waals surface area contributed by atoms with Crippen molar-refractivity contribution in [1.82, 2.24) is 34.0 Å². The van der Waals surface area contributed by atoms with E-state index in [0.29, 0.717) is 37.1 Å². The zero-order chi connectivity index (χ0) is 31.3. The second-order valence-electron chi connectivity index (χ2n) is 10.6. The summed E-state index contributed by atoms with van der Waals surface area (Å²) in [5.74, 6) is -0.0315. The number of amides is 2. The predicted molar refractivity (Wildman–Crippen MR) is 151 cm³/mol. The van der Waals surface area contributed by atoms with E-state index in [1.165, 1.54) is 31.3 Å². The highest BCUT2D eigenvalue weighted by molar-refractivity contribution is 6.01. The number of hydrogen-bond acceptors (Lipinski definition) is 8. The normalized spacial score (nSPS) is 13.2. The number of benzene rings is 1. The number of carbonyl (C=O) groups is 3. The quantitative estimate of drug-likeness (QED) is 0.333. The summed E-state index contributed by atoms with van der Waals surface area (Å²) in [6.07, 6.45) is -1.03. The van der Waals surface area contributed by atoms with Crippen molar-refractivity contribution in [3.8, 4) is 11.4 Å². The summed E-state index contributed by atoms with van der Waals surface area (Å²) in [6, 6.07) is 4.97. The van der Waals surface area contributed by atoms with E-state index >= 15 is 0 Å². The Morgan fingerprint density at radius 3 is 2.63 bits per heavy atom. The SMILES string of the molecule is CCCC(=O)CN1CNc2nc(-c3cnn(Cc4cccc(C(F)(F)F)c4)c3)n(COC(=O)N(C)CCN(C)C)c2C1=O. The molecule has 1 aromatic carbocycles. The highest BCUT2D eigenvalue weighted by Crippen LogP contribution is 2.31. The second-order valence-corrected chi connectivity index (χ2v) is 10.6. The molecule has 0 bridgehead atoms. The predicted octanol–water partition coefficient (Wildman–Crippen LogP) is 3.60. The molecule has 0 atom stereocenters. The Morgan fingerprint density at radius 2 is 1.93 bits per heavy atom. The van der Waals surface area contributed by atoms with Gasteiger partial charge in [-0.15, -0.1) is 0 Å². The summed E-state index contributed by atoms with van der Waals surface area (Å²) in [5.41, 5.74) is 0.192. The third-order valence-electron chi connectivity index (χ3n) is 6.79. The molecule has 2 aromatic heterocycles. The summed E-state index contributed by atoms with van der Waals surface area (Å²) in [4.78, 5) is 47.9. The molecule has 0 unspecified atom stereocenters. The summed E-state index contributed by atoms with van der Waals surface area (Å²) < 4.78 is 48.0. The molecule has 1 aliphatic rings. The van der Waals surface area contributed by atoms with Crippen LogP contribution in [0, 0.1) is 0 Å². The third kappa shape index (κ3) is 7.71. The number of carbonyl (C=O) groups excluding carboxylic acids is 3. The first kappa shape index (κ1) is 31.5. The third-order valence-corrected chi connectivity index (χ3v) is 6.79. The van der Waals surface area contributed by atoms with E-state index < -0.39 is 23.7 Å². The number of aromatic nitrogens is 4. The maximum Gasteiger partial charge on any atom is 0.416 e. The van der Waals surface area contributed by atoms with Crippen molar-refractivity contribution >= 4 is 23.6 Å². The van der Waals surface area contributed by atoms with Gasteiger partial charge in [0.15, 0.2) is 24.0 Å². The monoisotopic (exact) mass is 604 g/mol. The number of nitrogens with one attached hydrogen (secondary N) is 1. The van der Waals surface area contributed by atoms with Crippen LogP contribution in [0.2, 0.25) is 0 Å². The summed E-state index contributed by atoms with van der Waals surface area (Å²) >= 11 is 0. The topological polar surface area (TPSA) is 118 Å². The van der Waals surface area contributed by atoms with Gasteiger partial charge in [0.2, 0.25) is 0 Å². The smallest absolute Gasteiger partial charge is 0.416 e. The van der Waals surface area contributed by atoms with Crippen molar-refractivity contribution < 1.29 is 32.3 Å². The zero-order valence-electron chi connectivity index (χ0n) is 24.5. The number of Topliss-reactive ketones (excluding diaryl/α,β-unsaturated/α-hetero) is 1. The number of hydrogen-bond donors (Lipinski definition) is 1. The molecular weight excluding hydrogens is 569 g/mol. The van der Waals surface area contributed by atoms with E-state index in [9.17, 15) is 27.6 Å². The van der Waals surface area contributed by atoms with Crippen molar-refractivity contribution in [2.75, 3.05) is 52.8 Å². The van der Waals surface area contributed by atoms with Gasteiger partial charge in [0.1, 0.15) is 5.82 Å². The first-order chi connectivity index (χ1) is 20.4. The van der Waals surface area contributed by atoms with Crippen molar-refractivity contribution in [3.05, 3.63) is 53.5 Å². The maximum atomic E-state index is 13.5. The number of ketones is 1. The van der Waals surface area contributed by atoms with Crippen LogP contribution in [0.5, 0.6) is 0 Å². The highest BCUT2D eigenvalue weighted by atomic mass is 19.4. The van der Waals surface area contributed by atoms with Crippen molar-refractivity contribution in [2.45, 2.75) is 39.2 Å². The Balaban J connectivity index is 1.62. The standard InChI is InChI=1S/C28H35F3N8O4/c1-5-7-22(40)16-37-17-32-24-23(26(37)41)39(18-43-27(42)36(4)11-10-35(2)3)25(34-24)20-13-33-38(15-20)14-19-8-6-9-21(12-19)28(29,30)31/h6,8-9,12-13,15,32H,5,7,10-11,14,16-18H2,1-4H3. The summed E-state index contributed by atoms with van der Waals surface area (Å²) in [6.45, 7) is 2.60. The lowest BCUT2D eigenvalue weighted by molar-refractivity contribution is -0.137. The van der Waals surface area contributed by atoms with Gasteiger partial charge in [-0.3, -0.25) is 18.8 Å². The summed E-state index contributed by atoms with van der Waals surface area (Å²) in [5, 5.41) is 7.35. The van der Waals surface area contributed by atoms with Crippen LogP contribution in [-0.4, -0.2) is 99.3 Å². The average Bonchev–Trinajstić information content (AvgIpc) is 3.56. The molecule has 2 amide bonds. The molecule has 232 valence electrons.